The average molecular weight is 419 g/mol. The number of thioether (sulfide) groups is 1. The van der Waals surface area contributed by atoms with Gasteiger partial charge in [0.25, 0.3) is 0 Å². The maximum absolute atomic E-state index is 13.0. The van der Waals surface area contributed by atoms with Crippen molar-refractivity contribution in [2.24, 2.45) is 5.92 Å². The summed E-state index contributed by atoms with van der Waals surface area (Å²) in [5.41, 5.74) is 2.58. The van der Waals surface area contributed by atoms with Gasteiger partial charge in [-0.2, -0.15) is 4.31 Å². The Hall–Kier alpha value is -1.83. The zero-order chi connectivity index (χ0) is 20.3. The molecule has 0 unspecified atom stereocenters. The summed E-state index contributed by atoms with van der Waals surface area (Å²) in [7, 11) is -3.53. The normalized spacial score (nSPS) is 16.1. The van der Waals surface area contributed by atoms with Gasteiger partial charge in [-0.3, -0.25) is 4.79 Å². The minimum absolute atomic E-state index is 0.0400. The highest BCUT2D eigenvalue weighted by Crippen LogP contribution is 2.27. The molecule has 0 radical (unpaired) electrons. The highest BCUT2D eigenvalue weighted by atomic mass is 32.2. The Kier molecular flexibility index (Phi) is 6.47. The van der Waals surface area contributed by atoms with Crippen LogP contribution in [0.1, 0.15) is 24.0 Å². The average Bonchev–Trinajstić information content (AvgIpc) is 2.68. The molecule has 1 saturated heterocycles. The number of rotatable bonds is 5. The molecule has 0 atom stereocenters. The molecule has 0 aliphatic carbocycles. The van der Waals surface area contributed by atoms with Crippen LogP contribution in [0.15, 0.2) is 52.3 Å². The van der Waals surface area contributed by atoms with Crippen LogP contribution in [-0.2, 0) is 14.8 Å². The molecule has 0 bridgehead atoms. The van der Waals surface area contributed by atoms with Crippen LogP contribution in [0, 0.1) is 19.8 Å². The number of benzene rings is 2. The van der Waals surface area contributed by atoms with Gasteiger partial charge in [-0.05, 0) is 62.8 Å². The topological polar surface area (TPSA) is 66.5 Å². The van der Waals surface area contributed by atoms with E-state index in [2.05, 4.69) is 5.32 Å². The van der Waals surface area contributed by atoms with Gasteiger partial charge in [0.05, 0.1) is 4.90 Å². The highest BCUT2D eigenvalue weighted by Gasteiger charge is 2.32. The van der Waals surface area contributed by atoms with Gasteiger partial charge < -0.3 is 5.32 Å². The Morgan fingerprint density at radius 2 is 1.82 bits per heavy atom. The van der Waals surface area contributed by atoms with Gasteiger partial charge in [0.1, 0.15) is 0 Å². The van der Waals surface area contributed by atoms with Crippen molar-refractivity contribution in [2.45, 2.75) is 36.5 Å². The summed E-state index contributed by atoms with van der Waals surface area (Å²) >= 11 is 1.62. The summed E-state index contributed by atoms with van der Waals surface area (Å²) < 4.78 is 27.5. The summed E-state index contributed by atoms with van der Waals surface area (Å²) in [5, 5.41) is 2.97. The molecule has 5 nitrogen and oxygen atoms in total. The minimum Gasteiger partial charge on any atom is -0.326 e. The van der Waals surface area contributed by atoms with E-state index in [9.17, 15) is 13.2 Å². The van der Waals surface area contributed by atoms with Crippen LogP contribution in [-0.4, -0.2) is 38.0 Å². The van der Waals surface area contributed by atoms with E-state index < -0.39 is 10.0 Å². The van der Waals surface area contributed by atoms with E-state index in [1.54, 1.807) is 17.8 Å². The standard InChI is InChI=1S/C21H26N2O3S2/c1-15-7-8-20(16(2)13-15)28(25,26)23-11-9-17(10-12-23)21(24)22-18-5-4-6-19(14-18)27-3/h4-8,13-14,17H,9-12H2,1-3H3,(H,22,24). The molecule has 1 aliphatic heterocycles. The van der Waals surface area contributed by atoms with Crippen LogP contribution in [0.25, 0.3) is 0 Å². The summed E-state index contributed by atoms with van der Waals surface area (Å²) in [5.74, 6) is -0.217. The maximum atomic E-state index is 13.0. The van der Waals surface area contributed by atoms with Gasteiger partial charge in [-0.1, -0.05) is 23.8 Å². The molecule has 0 spiro atoms. The number of aryl methyl sites for hydroxylation is 2. The lowest BCUT2D eigenvalue weighted by Crippen LogP contribution is -2.41. The van der Waals surface area contributed by atoms with Gasteiger partial charge in [0.15, 0.2) is 0 Å². The van der Waals surface area contributed by atoms with Crippen molar-refractivity contribution in [1.29, 1.82) is 0 Å². The Balaban J connectivity index is 1.64. The Morgan fingerprint density at radius 1 is 1.11 bits per heavy atom. The second-order valence-corrected chi connectivity index (χ2v) is 9.95. The molecule has 1 heterocycles. The monoisotopic (exact) mass is 418 g/mol. The molecule has 1 amide bonds. The van der Waals surface area contributed by atoms with Gasteiger partial charge in [-0.25, -0.2) is 8.42 Å². The van der Waals surface area contributed by atoms with E-state index in [-0.39, 0.29) is 11.8 Å². The number of hydrogen-bond acceptors (Lipinski definition) is 4. The molecule has 1 aliphatic rings. The lowest BCUT2D eigenvalue weighted by atomic mass is 9.97. The van der Waals surface area contributed by atoms with Crippen LogP contribution in [0.4, 0.5) is 5.69 Å². The molecular formula is C21H26N2O3S2. The second kappa shape index (κ2) is 8.68. The smallest absolute Gasteiger partial charge is 0.243 e. The molecular weight excluding hydrogens is 392 g/mol. The van der Waals surface area contributed by atoms with Crippen molar-refractivity contribution >= 4 is 33.4 Å². The molecule has 150 valence electrons. The van der Waals surface area contributed by atoms with Crippen LogP contribution in [0.5, 0.6) is 0 Å². The van der Waals surface area contributed by atoms with E-state index in [1.165, 1.54) is 4.31 Å². The number of anilines is 1. The number of carbonyl (C=O) groups excluding carboxylic acids is 1. The zero-order valence-electron chi connectivity index (χ0n) is 16.4. The van der Waals surface area contributed by atoms with E-state index in [4.69, 9.17) is 0 Å². The van der Waals surface area contributed by atoms with Crippen molar-refractivity contribution in [3.8, 4) is 0 Å². The number of hydrogen-bond donors (Lipinski definition) is 1. The SMILES string of the molecule is CSc1cccc(NC(=O)C2CCN(S(=O)(=O)c3ccc(C)cc3C)CC2)c1. The van der Waals surface area contributed by atoms with Crippen LogP contribution in [0.3, 0.4) is 0 Å². The number of nitrogens with one attached hydrogen (secondary N) is 1. The third kappa shape index (κ3) is 4.59. The number of amides is 1. The second-order valence-electron chi connectivity index (χ2n) is 7.17. The molecule has 0 aromatic heterocycles. The van der Waals surface area contributed by atoms with E-state index >= 15 is 0 Å². The quantitative estimate of drug-likeness (QED) is 0.744. The summed E-state index contributed by atoms with van der Waals surface area (Å²) in [6.07, 6.45) is 3.04. The van der Waals surface area contributed by atoms with E-state index in [1.807, 2.05) is 56.5 Å². The fraction of sp³-hybridized carbons (Fsp3) is 0.381. The minimum atomic E-state index is -3.53. The number of piperidine rings is 1. The van der Waals surface area contributed by atoms with Crippen molar-refractivity contribution < 1.29 is 13.2 Å². The molecule has 2 aromatic rings. The molecule has 3 rings (SSSR count). The van der Waals surface area contributed by atoms with Crippen molar-refractivity contribution in [3.05, 3.63) is 53.6 Å². The van der Waals surface area contributed by atoms with Gasteiger partial charge in [0.2, 0.25) is 15.9 Å². The van der Waals surface area contributed by atoms with Gasteiger partial charge >= 0.3 is 0 Å². The van der Waals surface area contributed by atoms with Crippen LogP contribution in [0.2, 0.25) is 0 Å². The maximum Gasteiger partial charge on any atom is 0.243 e. The predicted molar refractivity (Wildman–Crippen MR) is 114 cm³/mol. The number of sulfonamides is 1. The van der Waals surface area contributed by atoms with Crippen LogP contribution < -0.4 is 5.32 Å². The molecule has 1 N–H and O–H groups in total. The van der Waals surface area contributed by atoms with Gasteiger partial charge in [-0.15, -0.1) is 11.8 Å². The Bertz CT molecular complexity index is 965. The van der Waals surface area contributed by atoms with Crippen molar-refractivity contribution in [3.63, 3.8) is 0 Å². The first-order valence-electron chi connectivity index (χ1n) is 9.33. The third-order valence-corrected chi connectivity index (χ3v) is 7.89. The predicted octanol–water partition coefficient (Wildman–Crippen LogP) is 4.06. The lowest BCUT2D eigenvalue weighted by molar-refractivity contribution is -0.120. The van der Waals surface area contributed by atoms with Gasteiger partial charge in [0, 0.05) is 29.6 Å². The summed E-state index contributed by atoms with van der Waals surface area (Å²) in [6.45, 7) is 4.49. The fourth-order valence-electron chi connectivity index (χ4n) is 3.53. The lowest BCUT2D eigenvalue weighted by Gasteiger charge is -2.31. The number of carbonyl (C=O) groups is 1. The molecule has 1 fully saturated rings. The largest absolute Gasteiger partial charge is 0.326 e. The number of nitrogens with zero attached hydrogens (tertiary/aromatic N) is 1. The molecule has 0 saturated carbocycles. The Morgan fingerprint density at radius 3 is 2.46 bits per heavy atom. The molecule has 2 aromatic carbocycles. The zero-order valence-corrected chi connectivity index (χ0v) is 18.1. The van der Waals surface area contributed by atoms with Crippen molar-refractivity contribution in [1.82, 2.24) is 4.31 Å². The summed E-state index contributed by atoms with van der Waals surface area (Å²) in [6, 6.07) is 13.1. The van der Waals surface area contributed by atoms with Crippen LogP contribution >= 0.6 is 11.8 Å². The fourth-order valence-corrected chi connectivity index (χ4v) is 5.67. The summed E-state index contributed by atoms with van der Waals surface area (Å²) in [4.78, 5) is 14.0. The first kappa shape index (κ1) is 20.9. The first-order chi connectivity index (χ1) is 13.3. The molecule has 28 heavy (non-hydrogen) atoms. The van der Waals surface area contributed by atoms with E-state index in [0.29, 0.717) is 30.8 Å². The third-order valence-electron chi connectivity index (χ3n) is 5.11. The Labute approximate surface area is 171 Å². The first-order valence-corrected chi connectivity index (χ1v) is 12.0. The molecule has 7 heteroatoms. The van der Waals surface area contributed by atoms with Crippen molar-refractivity contribution in [2.75, 3.05) is 24.7 Å². The van der Waals surface area contributed by atoms with E-state index in [0.717, 1.165) is 21.7 Å². The highest BCUT2D eigenvalue weighted by molar-refractivity contribution is 7.98.